The van der Waals surface area contributed by atoms with Crippen LogP contribution in [-0.4, -0.2) is 39.8 Å². The van der Waals surface area contributed by atoms with Crippen molar-refractivity contribution in [2.75, 3.05) is 7.11 Å². The number of ketones is 1. The van der Waals surface area contributed by atoms with Crippen LogP contribution >= 0.6 is 0 Å². The molecule has 1 aromatic carbocycles. The molecule has 0 spiro atoms. The molecule has 2 atom stereocenters. The summed E-state index contributed by atoms with van der Waals surface area (Å²) in [6.45, 7) is 0. The van der Waals surface area contributed by atoms with E-state index in [9.17, 15) is 19.8 Å². The molecule has 0 fully saturated rings. The van der Waals surface area contributed by atoms with Gasteiger partial charge in [0.15, 0.2) is 11.4 Å². The number of hydrogen-bond acceptors (Lipinski definition) is 5. The third kappa shape index (κ3) is 2.53. The number of aromatic hydroxyl groups is 1. The molecule has 0 saturated heterocycles. The van der Waals surface area contributed by atoms with Gasteiger partial charge in [-0.1, -0.05) is 18.2 Å². The zero-order valence-electron chi connectivity index (χ0n) is 11.2. The summed E-state index contributed by atoms with van der Waals surface area (Å²) in [5.74, 6) is -3.53. The highest BCUT2D eigenvalue weighted by atomic mass is 16.5. The number of phenolic OH excluding ortho intramolecular Hbond substituents is 1. The van der Waals surface area contributed by atoms with Gasteiger partial charge in [-0.25, -0.2) is 4.79 Å². The summed E-state index contributed by atoms with van der Waals surface area (Å²) in [6, 6.07) is 4.04. The Morgan fingerprint density at radius 3 is 2.57 bits per heavy atom. The number of aliphatic carboxylic acids is 1. The third-order valence-corrected chi connectivity index (χ3v) is 3.33. The lowest BCUT2D eigenvalue weighted by Gasteiger charge is -2.28. The average Bonchev–Trinajstić information content (AvgIpc) is 2.46. The first-order chi connectivity index (χ1) is 9.90. The zero-order chi connectivity index (χ0) is 15.6. The quantitative estimate of drug-likeness (QED) is 0.718. The summed E-state index contributed by atoms with van der Waals surface area (Å²) >= 11 is 0. The van der Waals surface area contributed by atoms with Crippen molar-refractivity contribution in [3.63, 3.8) is 0 Å². The molecule has 0 heterocycles. The second-order valence-electron chi connectivity index (χ2n) is 4.60. The van der Waals surface area contributed by atoms with Gasteiger partial charge < -0.3 is 20.1 Å². The summed E-state index contributed by atoms with van der Waals surface area (Å²) in [4.78, 5) is 23.7. The molecule has 0 saturated carbocycles. The van der Waals surface area contributed by atoms with Gasteiger partial charge in [-0.3, -0.25) is 4.79 Å². The molecule has 6 nitrogen and oxygen atoms in total. The van der Waals surface area contributed by atoms with E-state index in [4.69, 9.17) is 9.84 Å². The number of carbonyl (C=O) groups excluding carboxylic acids is 1. The third-order valence-electron chi connectivity index (χ3n) is 3.33. The second-order valence-corrected chi connectivity index (χ2v) is 4.60. The van der Waals surface area contributed by atoms with Gasteiger partial charge in [0.25, 0.3) is 0 Å². The molecule has 1 aromatic rings. The molecule has 0 aromatic heterocycles. The van der Waals surface area contributed by atoms with Gasteiger partial charge in [-0.2, -0.15) is 0 Å². The number of aliphatic hydroxyl groups is 1. The standard InChI is InChI=1S/C15H14O6/c1-21-9-5-6-10(12(16)8-9)13(17)11-4-2-3-7-15(11,20)14(18)19/h2-8,11,16,20H,1H3,(H,18,19). The lowest BCUT2D eigenvalue weighted by Crippen LogP contribution is -2.47. The summed E-state index contributed by atoms with van der Waals surface area (Å²) in [5, 5.41) is 29.2. The monoisotopic (exact) mass is 290 g/mol. The van der Waals surface area contributed by atoms with Crippen LogP contribution in [0, 0.1) is 5.92 Å². The van der Waals surface area contributed by atoms with Gasteiger partial charge >= 0.3 is 5.97 Å². The van der Waals surface area contributed by atoms with Gasteiger partial charge in [0, 0.05) is 6.07 Å². The van der Waals surface area contributed by atoms with E-state index in [0.717, 1.165) is 6.08 Å². The Morgan fingerprint density at radius 2 is 2.00 bits per heavy atom. The summed E-state index contributed by atoms with van der Waals surface area (Å²) in [5.41, 5.74) is -2.42. The molecule has 1 aliphatic rings. The maximum atomic E-state index is 12.4. The molecule has 2 unspecified atom stereocenters. The Kier molecular flexibility index (Phi) is 3.82. The van der Waals surface area contributed by atoms with Gasteiger partial charge in [0.1, 0.15) is 11.5 Å². The minimum Gasteiger partial charge on any atom is -0.507 e. The highest BCUT2D eigenvalue weighted by Crippen LogP contribution is 2.32. The minimum atomic E-state index is -2.34. The van der Waals surface area contributed by atoms with Crippen LogP contribution < -0.4 is 4.74 Å². The molecular weight excluding hydrogens is 276 g/mol. The van der Waals surface area contributed by atoms with Crippen LogP contribution in [0.5, 0.6) is 11.5 Å². The smallest absolute Gasteiger partial charge is 0.340 e. The van der Waals surface area contributed by atoms with E-state index < -0.39 is 23.3 Å². The first-order valence-corrected chi connectivity index (χ1v) is 6.13. The Hall–Kier alpha value is -2.60. The zero-order valence-corrected chi connectivity index (χ0v) is 11.2. The number of allylic oxidation sites excluding steroid dienone is 2. The Labute approximate surface area is 120 Å². The highest BCUT2D eigenvalue weighted by Gasteiger charge is 2.46. The molecule has 21 heavy (non-hydrogen) atoms. The number of rotatable bonds is 4. The van der Waals surface area contributed by atoms with E-state index in [2.05, 4.69) is 0 Å². The van der Waals surface area contributed by atoms with Crippen molar-refractivity contribution in [2.24, 2.45) is 5.92 Å². The molecule has 0 radical (unpaired) electrons. The predicted molar refractivity (Wildman–Crippen MR) is 73.3 cm³/mol. The van der Waals surface area contributed by atoms with Crippen LogP contribution in [0.25, 0.3) is 0 Å². The number of carboxylic acid groups (broad SMARTS) is 1. The van der Waals surface area contributed by atoms with Gasteiger partial charge in [0.05, 0.1) is 18.6 Å². The van der Waals surface area contributed by atoms with Gasteiger partial charge in [-0.05, 0) is 18.2 Å². The topological polar surface area (TPSA) is 104 Å². The molecule has 0 aliphatic heterocycles. The highest BCUT2D eigenvalue weighted by molar-refractivity contribution is 6.05. The average molecular weight is 290 g/mol. The van der Waals surface area contributed by atoms with E-state index in [-0.39, 0.29) is 11.3 Å². The van der Waals surface area contributed by atoms with E-state index in [1.54, 1.807) is 0 Å². The maximum absolute atomic E-state index is 12.4. The molecule has 0 bridgehead atoms. The second kappa shape index (κ2) is 5.41. The van der Waals surface area contributed by atoms with Crippen molar-refractivity contribution < 1.29 is 29.6 Å². The summed E-state index contributed by atoms with van der Waals surface area (Å²) in [6.07, 6.45) is 5.16. The Morgan fingerprint density at radius 1 is 1.29 bits per heavy atom. The fraction of sp³-hybridized carbons (Fsp3) is 0.200. The normalized spacial score (nSPS) is 23.8. The van der Waals surface area contributed by atoms with Crippen molar-refractivity contribution in [1.82, 2.24) is 0 Å². The van der Waals surface area contributed by atoms with Crippen LogP contribution in [-0.2, 0) is 4.79 Å². The SMILES string of the molecule is COc1ccc(C(=O)C2C=CC=CC2(O)C(=O)O)c(O)c1. The first kappa shape index (κ1) is 14.8. The molecule has 2 rings (SSSR count). The molecule has 0 amide bonds. The van der Waals surface area contributed by atoms with Crippen LogP contribution in [0.15, 0.2) is 42.5 Å². The number of Topliss-reactive ketones (excluding diaryl/α,β-unsaturated/α-hetero) is 1. The van der Waals surface area contributed by atoms with E-state index >= 15 is 0 Å². The molecule has 3 N–H and O–H groups in total. The summed E-state index contributed by atoms with van der Waals surface area (Å²) in [7, 11) is 1.41. The molecule has 1 aliphatic carbocycles. The van der Waals surface area contributed by atoms with Crippen LogP contribution in [0.3, 0.4) is 0 Å². The predicted octanol–water partition coefficient (Wildman–Crippen LogP) is 1.14. The number of hydrogen-bond donors (Lipinski definition) is 3. The van der Waals surface area contributed by atoms with Crippen LogP contribution in [0.4, 0.5) is 0 Å². The van der Waals surface area contributed by atoms with E-state index in [1.807, 2.05) is 0 Å². The van der Waals surface area contributed by atoms with Crippen LogP contribution in [0.2, 0.25) is 0 Å². The summed E-state index contributed by atoms with van der Waals surface area (Å²) < 4.78 is 4.91. The number of benzene rings is 1. The van der Waals surface area contributed by atoms with Crippen molar-refractivity contribution in [3.8, 4) is 11.5 Å². The number of phenols is 1. The van der Waals surface area contributed by atoms with Gasteiger partial charge in [0.2, 0.25) is 0 Å². The van der Waals surface area contributed by atoms with E-state index in [1.165, 1.54) is 43.5 Å². The van der Waals surface area contributed by atoms with Crippen molar-refractivity contribution in [1.29, 1.82) is 0 Å². The molecular formula is C15H14O6. The van der Waals surface area contributed by atoms with E-state index in [0.29, 0.717) is 5.75 Å². The largest absolute Gasteiger partial charge is 0.507 e. The molecule has 110 valence electrons. The fourth-order valence-corrected chi connectivity index (χ4v) is 2.13. The molecule has 6 heteroatoms. The number of carboxylic acids is 1. The lowest BCUT2D eigenvalue weighted by atomic mass is 9.79. The van der Waals surface area contributed by atoms with Gasteiger partial charge in [-0.15, -0.1) is 0 Å². The van der Waals surface area contributed by atoms with Crippen molar-refractivity contribution in [3.05, 3.63) is 48.1 Å². The maximum Gasteiger partial charge on any atom is 0.340 e. The first-order valence-electron chi connectivity index (χ1n) is 6.13. The lowest BCUT2D eigenvalue weighted by molar-refractivity contribution is -0.155. The van der Waals surface area contributed by atoms with Crippen molar-refractivity contribution >= 4 is 11.8 Å². The number of ether oxygens (including phenoxy) is 1. The minimum absolute atomic E-state index is 0.0829. The Balaban J connectivity index is 2.41. The number of carbonyl (C=O) groups is 2. The Bertz CT molecular complexity index is 646. The number of methoxy groups -OCH3 is 1. The van der Waals surface area contributed by atoms with Crippen LogP contribution in [0.1, 0.15) is 10.4 Å². The van der Waals surface area contributed by atoms with Crippen molar-refractivity contribution in [2.45, 2.75) is 5.60 Å². The fourth-order valence-electron chi connectivity index (χ4n) is 2.13.